The number of non-ortho nitro benzene ring substituents is 1. The van der Waals surface area contributed by atoms with Crippen molar-refractivity contribution in [2.45, 2.75) is 22.4 Å². The van der Waals surface area contributed by atoms with Gasteiger partial charge in [0.1, 0.15) is 0 Å². The number of nitro benzene ring substituents is 1. The van der Waals surface area contributed by atoms with Crippen molar-refractivity contribution in [2.24, 2.45) is 0 Å². The SMILES string of the molecule is CC(Cl)(CC#N)S(=O)(=O)c1ccc([N+](=O)[O-])cc1. The second kappa shape index (κ2) is 4.92. The minimum atomic E-state index is -3.92. The van der Waals surface area contributed by atoms with Gasteiger partial charge in [-0.1, -0.05) is 0 Å². The Morgan fingerprint density at radius 3 is 2.33 bits per heavy atom. The summed E-state index contributed by atoms with van der Waals surface area (Å²) in [6, 6.07) is 6.05. The molecule has 1 aromatic rings. The van der Waals surface area contributed by atoms with Crippen molar-refractivity contribution in [1.82, 2.24) is 0 Å². The largest absolute Gasteiger partial charge is 0.269 e. The van der Waals surface area contributed by atoms with E-state index < -0.39 is 19.0 Å². The lowest BCUT2D eigenvalue weighted by Crippen LogP contribution is -2.28. The van der Waals surface area contributed by atoms with Crippen LogP contribution in [0, 0.1) is 21.4 Å². The third-order valence-electron chi connectivity index (χ3n) is 2.31. The molecule has 0 amide bonds. The fourth-order valence-electron chi connectivity index (χ4n) is 1.23. The molecule has 6 nitrogen and oxygen atoms in total. The van der Waals surface area contributed by atoms with Gasteiger partial charge in [-0.2, -0.15) is 5.26 Å². The summed E-state index contributed by atoms with van der Waals surface area (Å²) in [6.45, 7) is 1.22. The van der Waals surface area contributed by atoms with Crippen LogP contribution in [0.3, 0.4) is 0 Å². The van der Waals surface area contributed by atoms with E-state index in [-0.39, 0.29) is 17.0 Å². The third-order valence-corrected chi connectivity index (χ3v) is 5.21. The van der Waals surface area contributed by atoms with Gasteiger partial charge in [-0.15, -0.1) is 11.6 Å². The molecule has 0 aromatic heterocycles. The average Bonchev–Trinajstić information content (AvgIpc) is 2.28. The molecule has 0 bridgehead atoms. The molecular weight excluding hydrogens is 280 g/mol. The molecule has 1 atom stereocenters. The van der Waals surface area contributed by atoms with Crippen molar-refractivity contribution in [3.8, 4) is 6.07 Å². The van der Waals surface area contributed by atoms with Crippen LogP contribution in [-0.2, 0) is 9.84 Å². The number of benzene rings is 1. The molecule has 0 saturated heterocycles. The molecule has 0 aliphatic carbocycles. The summed E-state index contributed by atoms with van der Waals surface area (Å²) in [7, 11) is -3.92. The smallest absolute Gasteiger partial charge is 0.258 e. The molecule has 1 rings (SSSR count). The van der Waals surface area contributed by atoms with Crippen molar-refractivity contribution in [3.05, 3.63) is 34.4 Å². The Morgan fingerprint density at radius 1 is 1.44 bits per heavy atom. The maximum atomic E-state index is 12.1. The average molecular weight is 289 g/mol. The molecule has 18 heavy (non-hydrogen) atoms. The normalized spacial score (nSPS) is 14.5. The fraction of sp³-hybridized carbons (Fsp3) is 0.300. The van der Waals surface area contributed by atoms with Crippen molar-refractivity contribution in [2.75, 3.05) is 0 Å². The summed E-state index contributed by atoms with van der Waals surface area (Å²) >= 11 is 5.82. The van der Waals surface area contributed by atoms with E-state index in [9.17, 15) is 18.5 Å². The number of nitriles is 1. The third kappa shape index (κ3) is 2.60. The summed E-state index contributed by atoms with van der Waals surface area (Å²) in [6.07, 6.45) is -0.381. The zero-order valence-electron chi connectivity index (χ0n) is 9.33. The lowest BCUT2D eigenvalue weighted by atomic mass is 10.3. The van der Waals surface area contributed by atoms with Crippen LogP contribution in [0.15, 0.2) is 29.2 Å². The Bertz CT molecular complexity index is 602. The van der Waals surface area contributed by atoms with Gasteiger partial charge in [-0.25, -0.2) is 8.42 Å². The van der Waals surface area contributed by atoms with Gasteiger partial charge in [-0.05, 0) is 19.1 Å². The van der Waals surface area contributed by atoms with E-state index in [1.54, 1.807) is 6.07 Å². The number of hydrogen-bond donors (Lipinski definition) is 0. The molecule has 8 heteroatoms. The minimum absolute atomic E-state index is 0.152. The zero-order chi connectivity index (χ0) is 14.0. The van der Waals surface area contributed by atoms with Gasteiger partial charge in [0.25, 0.3) is 5.69 Å². The number of nitro groups is 1. The molecule has 0 heterocycles. The number of hydrogen-bond acceptors (Lipinski definition) is 5. The number of sulfone groups is 1. The minimum Gasteiger partial charge on any atom is -0.258 e. The highest BCUT2D eigenvalue weighted by atomic mass is 35.5. The van der Waals surface area contributed by atoms with Crippen molar-refractivity contribution in [1.29, 1.82) is 5.26 Å². The van der Waals surface area contributed by atoms with Gasteiger partial charge in [0, 0.05) is 12.1 Å². The molecule has 96 valence electrons. The van der Waals surface area contributed by atoms with Crippen LogP contribution >= 0.6 is 11.6 Å². The van der Waals surface area contributed by atoms with E-state index in [1.165, 1.54) is 6.92 Å². The first-order valence-corrected chi connectivity index (χ1v) is 6.63. The van der Waals surface area contributed by atoms with Crippen LogP contribution in [0.1, 0.15) is 13.3 Å². The second-order valence-corrected chi connectivity index (χ2v) is 7.13. The number of rotatable bonds is 4. The Kier molecular flexibility index (Phi) is 3.94. The van der Waals surface area contributed by atoms with Crippen LogP contribution in [0.5, 0.6) is 0 Å². The van der Waals surface area contributed by atoms with Crippen LogP contribution in [-0.4, -0.2) is 17.5 Å². The molecule has 0 N–H and O–H groups in total. The van der Waals surface area contributed by atoms with E-state index in [0.29, 0.717) is 0 Å². The molecule has 1 unspecified atom stereocenters. The maximum Gasteiger partial charge on any atom is 0.269 e. The van der Waals surface area contributed by atoms with Crippen molar-refractivity contribution in [3.63, 3.8) is 0 Å². The molecule has 1 aromatic carbocycles. The van der Waals surface area contributed by atoms with Crippen LogP contribution < -0.4 is 0 Å². The fourth-order valence-corrected chi connectivity index (χ4v) is 2.80. The standard InChI is InChI=1S/C10H9ClN2O4S/c1-10(11,6-7-12)18(16,17)9-4-2-8(3-5-9)13(14)15/h2-5H,6H2,1H3. The first-order chi connectivity index (χ1) is 8.22. The number of alkyl halides is 1. The highest BCUT2D eigenvalue weighted by molar-refractivity contribution is 7.94. The van der Waals surface area contributed by atoms with E-state index in [4.69, 9.17) is 16.9 Å². The van der Waals surface area contributed by atoms with E-state index in [0.717, 1.165) is 24.3 Å². The van der Waals surface area contributed by atoms with Crippen molar-refractivity contribution >= 4 is 27.1 Å². The van der Waals surface area contributed by atoms with Gasteiger partial charge < -0.3 is 0 Å². The second-order valence-electron chi connectivity index (χ2n) is 3.69. The zero-order valence-corrected chi connectivity index (χ0v) is 10.9. The van der Waals surface area contributed by atoms with Gasteiger partial charge in [-0.3, -0.25) is 10.1 Å². The molecule has 0 aliphatic heterocycles. The van der Waals surface area contributed by atoms with Gasteiger partial charge in [0.15, 0.2) is 14.0 Å². The van der Waals surface area contributed by atoms with E-state index in [2.05, 4.69) is 0 Å². The topological polar surface area (TPSA) is 101 Å². The monoisotopic (exact) mass is 288 g/mol. The molecule has 0 aliphatic rings. The van der Waals surface area contributed by atoms with Gasteiger partial charge >= 0.3 is 0 Å². The van der Waals surface area contributed by atoms with E-state index in [1.807, 2.05) is 0 Å². The first-order valence-electron chi connectivity index (χ1n) is 4.77. The van der Waals surface area contributed by atoms with Gasteiger partial charge in [0.2, 0.25) is 0 Å². The number of nitrogens with zero attached hydrogens (tertiary/aromatic N) is 2. The predicted octanol–water partition coefficient (Wildman–Crippen LogP) is 2.24. The summed E-state index contributed by atoms with van der Waals surface area (Å²) < 4.78 is 22.4. The van der Waals surface area contributed by atoms with Crippen LogP contribution in [0.4, 0.5) is 5.69 Å². The summed E-state index contributed by atoms with van der Waals surface area (Å²) in [5.41, 5.74) is -0.217. The Morgan fingerprint density at radius 2 is 1.94 bits per heavy atom. The summed E-state index contributed by atoms with van der Waals surface area (Å²) in [5, 5.41) is 19.0. The van der Waals surface area contributed by atoms with Crippen LogP contribution in [0.2, 0.25) is 0 Å². The first kappa shape index (κ1) is 14.4. The molecule has 0 radical (unpaired) electrons. The van der Waals surface area contributed by atoms with Gasteiger partial charge in [0.05, 0.1) is 22.3 Å². The highest BCUT2D eigenvalue weighted by Gasteiger charge is 2.38. The Labute approximate surface area is 109 Å². The molecular formula is C10H9ClN2O4S. The van der Waals surface area contributed by atoms with Crippen LogP contribution in [0.25, 0.3) is 0 Å². The number of halogens is 1. The Hall–Kier alpha value is -1.65. The maximum absolute atomic E-state index is 12.1. The summed E-state index contributed by atoms with van der Waals surface area (Å²) in [4.78, 5) is 9.66. The lowest BCUT2D eigenvalue weighted by Gasteiger charge is -2.18. The molecule has 0 saturated carbocycles. The van der Waals surface area contributed by atoms with Crippen molar-refractivity contribution < 1.29 is 13.3 Å². The molecule has 0 spiro atoms. The highest BCUT2D eigenvalue weighted by Crippen LogP contribution is 2.32. The van der Waals surface area contributed by atoms with E-state index >= 15 is 0 Å². The predicted molar refractivity (Wildman–Crippen MR) is 64.8 cm³/mol. The summed E-state index contributed by atoms with van der Waals surface area (Å²) in [5.74, 6) is 0. The molecule has 0 fully saturated rings. The quantitative estimate of drug-likeness (QED) is 0.480. The lowest BCUT2D eigenvalue weighted by molar-refractivity contribution is -0.384. The Balaban J connectivity index is 3.22.